The van der Waals surface area contributed by atoms with Gasteiger partial charge in [-0.2, -0.15) is 11.8 Å². The van der Waals surface area contributed by atoms with Crippen LogP contribution in [0.2, 0.25) is 0 Å². The van der Waals surface area contributed by atoms with Crippen LogP contribution in [0.1, 0.15) is 36.5 Å². The summed E-state index contributed by atoms with van der Waals surface area (Å²) in [7, 11) is 1.99. The number of benzene rings is 1. The van der Waals surface area contributed by atoms with E-state index >= 15 is 0 Å². The number of hydrogen-bond acceptors (Lipinski definition) is 5. The zero-order valence-electron chi connectivity index (χ0n) is 18.9. The molecule has 1 aliphatic rings. The topological polar surface area (TPSA) is 70.4 Å². The van der Waals surface area contributed by atoms with Gasteiger partial charge in [-0.05, 0) is 50.3 Å². The van der Waals surface area contributed by atoms with Crippen molar-refractivity contribution < 1.29 is 0 Å². The van der Waals surface area contributed by atoms with Gasteiger partial charge >= 0.3 is 0 Å². The third-order valence-electron chi connectivity index (χ3n) is 5.61. The second-order valence-electron chi connectivity index (χ2n) is 7.79. The molecule has 0 spiro atoms. The predicted molar refractivity (Wildman–Crippen MR) is 141 cm³/mol. The number of nitrogens with one attached hydrogen (secondary N) is 2. The van der Waals surface area contributed by atoms with Gasteiger partial charge in [-0.1, -0.05) is 30.3 Å². The summed E-state index contributed by atoms with van der Waals surface area (Å²) in [5.41, 5.74) is 1.38. The van der Waals surface area contributed by atoms with Crippen LogP contribution >= 0.6 is 35.7 Å². The molecule has 0 saturated carbocycles. The number of thioether (sulfide) groups is 1. The van der Waals surface area contributed by atoms with Gasteiger partial charge in [0.1, 0.15) is 12.4 Å². The monoisotopic (exact) mass is 557 g/mol. The van der Waals surface area contributed by atoms with Crippen molar-refractivity contribution in [2.75, 3.05) is 31.6 Å². The molecule has 1 aromatic carbocycles. The largest absolute Gasteiger partial charge is 0.356 e. The van der Waals surface area contributed by atoms with E-state index in [2.05, 4.69) is 62.3 Å². The summed E-state index contributed by atoms with van der Waals surface area (Å²) in [5, 5.41) is 15.4. The Bertz CT molecular complexity index is 796. The van der Waals surface area contributed by atoms with E-state index in [0.29, 0.717) is 12.6 Å². The summed E-state index contributed by atoms with van der Waals surface area (Å²) in [5.74, 6) is 3.80. The number of rotatable bonds is 10. The van der Waals surface area contributed by atoms with Crippen molar-refractivity contribution in [2.24, 2.45) is 12.0 Å². The van der Waals surface area contributed by atoms with E-state index in [1.807, 2.05) is 30.3 Å². The number of aryl methyl sites for hydroxylation is 1. The molecule has 172 valence electrons. The van der Waals surface area contributed by atoms with Crippen LogP contribution in [0.15, 0.2) is 35.3 Å². The Morgan fingerprint density at radius 2 is 2.03 bits per heavy atom. The maximum atomic E-state index is 4.78. The first-order chi connectivity index (χ1) is 14.7. The van der Waals surface area contributed by atoms with Gasteiger partial charge in [-0.3, -0.25) is 4.90 Å². The fraction of sp³-hybridized carbons (Fsp3) is 0.591. The minimum absolute atomic E-state index is 0. The van der Waals surface area contributed by atoms with Gasteiger partial charge in [0.05, 0.1) is 0 Å². The highest BCUT2D eigenvalue weighted by atomic mass is 127. The Labute approximate surface area is 207 Å². The Balaban J connectivity index is 0.00000341. The molecule has 0 amide bonds. The molecular weight excluding hydrogens is 521 g/mol. The minimum Gasteiger partial charge on any atom is -0.356 e. The summed E-state index contributed by atoms with van der Waals surface area (Å²) in [6.07, 6.45) is 5.74. The van der Waals surface area contributed by atoms with Crippen molar-refractivity contribution in [1.82, 2.24) is 30.3 Å². The lowest BCUT2D eigenvalue weighted by Gasteiger charge is -2.25. The summed E-state index contributed by atoms with van der Waals surface area (Å²) < 4.78 is 1.99. The van der Waals surface area contributed by atoms with Crippen LogP contribution in [0.25, 0.3) is 0 Å². The molecule has 3 rings (SSSR count). The Morgan fingerprint density at radius 1 is 1.23 bits per heavy atom. The average Bonchev–Trinajstić information content (AvgIpc) is 3.34. The SMILES string of the molecule is CSCCCNC(=NCc1nnc(C)n1C)NCC1CCCN1Cc1ccccc1.I. The quantitative estimate of drug-likeness (QED) is 0.203. The van der Waals surface area contributed by atoms with Crippen molar-refractivity contribution in [3.63, 3.8) is 0 Å². The maximum Gasteiger partial charge on any atom is 0.191 e. The molecule has 0 radical (unpaired) electrons. The van der Waals surface area contributed by atoms with Crippen molar-refractivity contribution in [2.45, 2.75) is 45.3 Å². The molecule has 31 heavy (non-hydrogen) atoms. The number of aromatic nitrogens is 3. The van der Waals surface area contributed by atoms with Gasteiger partial charge in [0.25, 0.3) is 0 Å². The molecule has 1 aliphatic heterocycles. The van der Waals surface area contributed by atoms with Crippen LogP contribution in [-0.4, -0.2) is 63.3 Å². The van der Waals surface area contributed by atoms with Crippen molar-refractivity contribution in [3.05, 3.63) is 47.5 Å². The average molecular weight is 558 g/mol. The standard InChI is InChI=1S/C22H35N7S.HI/c1-18-26-27-21(28(18)2)16-25-22(23-12-8-14-30-3)24-15-20-11-7-13-29(20)17-19-9-5-4-6-10-19;/h4-6,9-10,20H,7-8,11-17H2,1-3H3,(H2,23,24,25);1H. The van der Waals surface area contributed by atoms with E-state index in [0.717, 1.165) is 56.0 Å². The van der Waals surface area contributed by atoms with E-state index in [1.54, 1.807) is 0 Å². The molecule has 1 aromatic heterocycles. The third-order valence-corrected chi connectivity index (χ3v) is 6.31. The van der Waals surface area contributed by atoms with E-state index in [4.69, 9.17) is 4.99 Å². The van der Waals surface area contributed by atoms with Crippen LogP contribution in [0.4, 0.5) is 0 Å². The van der Waals surface area contributed by atoms with E-state index in [1.165, 1.54) is 18.4 Å². The van der Waals surface area contributed by atoms with E-state index in [-0.39, 0.29) is 24.0 Å². The predicted octanol–water partition coefficient (Wildman–Crippen LogP) is 3.19. The zero-order valence-corrected chi connectivity index (χ0v) is 22.0. The molecule has 1 unspecified atom stereocenters. The number of halogens is 1. The number of hydrogen-bond donors (Lipinski definition) is 2. The Morgan fingerprint density at radius 3 is 2.74 bits per heavy atom. The van der Waals surface area contributed by atoms with Gasteiger partial charge in [-0.25, -0.2) is 4.99 Å². The zero-order chi connectivity index (χ0) is 21.2. The molecule has 7 nitrogen and oxygen atoms in total. The van der Waals surface area contributed by atoms with E-state index in [9.17, 15) is 0 Å². The Kier molecular flexibility index (Phi) is 11.7. The molecule has 0 bridgehead atoms. The summed E-state index contributed by atoms with van der Waals surface area (Å²) >= 11 is 1.87. The Hall–Kier alpha value is -1.33. The molecule has 1 fully saturated rings. The highest BCUT2D eigenvalue weighted by Crippen LogP contribution is 2.19. The van der Waals surface area contributed by atoms with Crippen molar-refractivity contribution in [3.8, 4) is 0 Å². The first kappa shape index (κ1) is 25.9. The van der Waals surface area contributed by atoms with Gasteiger partial charge in [0.15, 0.2) is 11.8 Å². The first-order valence-electron chi connectivity index (χ1n) is 10.8. The molecule has 9 heteroatoms. The normalized spacial score (nSPS) is 16.9. The smallest absolute Gasteiger partial charge is 0.191 e. The van der Waals surface area contributed by atoms with E-state index < -0.39 is 0 Å². The summed E-state index contributed by atoms with van der Waals surface area (Å²) in [4.78, 5) is 7.36. The summed E-state index contributed by atoms with van der Waals surface area (Å²) in [6.45, 7) is 6.48. The van der Waals surface area contributed by atoms with Crippen molar-refractivity contribution in [1.29, 1.82) is 0 Å². The fourth-order valence-electron chi connectivity index (χ4n) is 3.70. The number of likely N-dealkylation sites (tertiary alicyclic amines) is 1. The van der Waals surface area contributed by atoms with Crippen LogP contribution in [-0.2, 0) is 20.1 Å². The second-order valence-corrected chi connectivity index (χ2v) is 8.78. The number of nitrogens with zero attached hydrogens (tertiary/aromatic N) is 5. The van der Waals surface area contributed by atoms with Crippen molar-refractivity contribution >= 4 is 41.7 Å². The fourth-order valence-corrected chi connectivity index (χ4v) is 4.14. The van der Waals surface area contributed by atoms with Gasteiger partial charge in [0, 0.05) is 32.7 Å². The lowest BCUT2D eigenvalue weighted by molar-refractivity contribution is 0.245. The molecular formula is C22H36IN7S. The molecule has 1 atom stereocenters. The first-order valence-corrected chi connectivity index (χ1v) is 12.2. The second kappa shape index (κ2) is 13.9. The molecule has 2 aromatic rings. The molecule has 0 aliphatic carbocycles. The number of aliphatic imine (C=N–C) groups is 1. The van der Waals surface area contributed by atoms with Gasteiger partial charge < -0.3 is 15.2 Å². The highest BCUT2D eigenvalue weighted by molar-refractivity contribution is 14.0. The molecule has 2 N–H and O–H groups in total. The maximum absolute atomic E-state index is 4.78. The molecule has 2 heterocycles. The lowest BCUT2D eigenvalue weighted by atomic mass is 10.2. The minimum atomic E-state index is 0. The van der Waals surface area contributed by atoms with Gasteiger partial charge in [-0.15, -0.1) is 34.2 Å². The highest BCUT2D eigenvalue weighted by Gasteiger charge is 2.24. The molecule has 1 saturated heterocycles. The lowest BCUT2D eigenvalue weighted by Crippen LogP contribution is -2.45. The van der Waals surface area contributed by atoms with Crippen LogP contribution in [0, 0.1) is 6.92 Å². The van der Waals surface area contributed by atoms with Crippen LogP contribution in [0.3, 0.4) is 0 Å². The van der Waals surface area contributed by atoms with Crippen LogP contribution in [0.5, 0.6) is 0 Å². The summed E-state index contributed by atoms with van der Waals surface area (Å²) in [6, 6.07) is 11.3. The van der Waals surface area contributed by atoms with Crippen LogP contribution < -0.4 is 10.6 Å². The number of guanidine groups is 1. The van der Waals surface area contributed by atoms with Gasteiger partial charge in [0.2, 0.25) is 0 Å². The third kappa shape index (κ3) is 8.27.